The molecular formula is C14H18FN5OS2. The third kappa shape index (κ3) is 3.84. The number of piperidine rings is 1. The van der Waals surface area contributed by atoms with Crippen LogP contribution in [0.4, 0.5) is 9.52 Å². The van der Waals surface area contributed by atoms with E-state index in [9.17, 15) is 9.18 Å². The second-order valence-electron chi connectivity index (χ2n) is 5.44. The Kier molecular flexibility index (Phi) is 5.16. The van der Waals surface area contributed by atoms with Gasteiger partial charge in [0.05, 0.1) is 12.6 Å². The molecule has 6 nitrogen and oxygen atoms in total. The molecule has 2 unspecified atom stereocenters. The summed E-state index contributed by atoms with van der Waals surface area (Å²) in [4.78, 5) is 14.4. The second-order valence-corrected chi connectivity index (χ2v) is 7.31. The van der Waals surface area contributed by atoms with Crippen LogP contribution in [0, 0.1) is 0 Å². The first-order chi connectivity index (χ1) is 11.2. The van der Waals surface area contributed by atoms with Crippen LogP contribution in [0.3, 0.4) is 0 Å². The van der Waals surface area contributed by atoms with E-state index in [4.69, 9.17) is 0 Å². The molecule has 0 aromatic carbocycles. The Morgan fingerprint density at radius 1 is 1.52 bits per heavy atom. The van der Waals surface area contributed by atoms with E-state index in [2.05, 4.69) is 26.8 Å². The summed E-state index contributed by atoms with van der Waals surface area (Å²) in [6.07, 6.45) is 2.91. The minimum absolute atomic E-state index is 0.231. The number of hydrogen-bond donors (Lipinski definition) is 1. The Morgan fingerprint density at radius 2 is 2.39 bits per heavy atom. The number of carbonyl (C=O) groups excluding carboxylic acids is 1. The van der Waals surface area contributed by atoms with Crippen LogP contribution in [0.15, 0.2) is 12.3 Å². The highest BCUT2D eigenvalue weighted by atomic mass is 32.1. The van der Waals surface area contributed by atoms with Crippen molar-refractivity contribution in [2.24, 2.45) is 0 Å². The van der Waals surface area contributed by atoms with Gasteiger partial charge in [0.1, 0.15) is 16.1 Å². The molecule has 9 heteroatoms. The molecule has 1 N–H and O–H groups in total. The molecule has 0 bridgehead atoms. The maximum Gasteiger partial charge on any atom is 0.263 e. The van der Waals surface area contributed by atoms with Crippen LogP contribution in [-0.4, -0.2) is 45.8 Å². The van der Waals surface area contributed by atoms with Crippen LogP contribution in [-0.2, 0) is 6.42 Å². The van der Waals surface area contributed by atoms with E-state index in [-0.39, 0.29) is 12.5 Å². The van der Waals surface area contributed by atoms with Crippen LogP contribution in [0.2, 0.25) is 0 Å². The fraction of sp³-hybridized carbons (Fsp3) is 0.571. The Labute approximate surface area is 141 Å². The lowest BCUT2D eigenvalue weighted by molar-refractivity contribution is 0.0903. The van der Waals surface area contributed by atoms with Gasteiger partial charge in [-0.05, 0) is 30.4 Å². The van der Waals surface area contributed by atoms with E-state index in [0.717, 1.165) is 34.5 Å². The number of amides is 1. The summed E-state index contributed by atoms with van der Waals surface area (Å²) in [5.41, 5.74) is 0. The summed E-state index contributed by atoms with van der Waals surface area (Å²) in [5.74, 6) is -0.255. The lowest BCUT2D eigenvalue weighted by Gasteiger charge is -2.34. The molecule has 1 aliphatic rings. The molecule has 1 aliphatic heterocycles. The van der Waals surface area contributed by atoms with Crippen molar-refractivity contribution >= 4 is 33.9 Å². The molecule has 0 radical (unpaired) electrons. The minimum atomic E-state index is -1.13. The van der Waals surface area contributed by atoms with Crippen LogP contribution in [0.1, 0.15) is 34.4 Å². The number of alkyl halides is 1. The van der Waals surface area contributed by atoms with Crippen molar-refractivity contribution in [1.82, 2.24) is 19.9 Å². The summed E-state index contributed by atoms with van der Waals surface area (Å²) in [6.45, 7) is 2.99. The second kappa shape index (κ2) is 7.31. The van der Waals surface area contributed by atoms with E-state index in [1.54, 1.807) is 12.3 Å². The Morgan fingerprint density at radius 3 is 3.09 bits per heavy atom. The molecule has 1 fully saturated rings. The zero-order valence-corrected chi connectivity index (χ0v) is 14.4. The van der Waals surface area contributed by atoms with Crippen molar-refractivity contribution in [3.05, 3.63) is 22.1 Å². The van der Waals surface area contributed by atoms with Gasteiger partial charge >= 0.3 is 0 Å². The first-order valence-corrected chi connectivity index (χ1v) is 9.19. The Bertz CT molecular complexity index is 647. The number of hydrogen-bond acceptors (Lipinski definition) is 7. The van der Waals surface area contributed by atoms with Gasteiger partial charge in [0.15, 0.2) is 0 Å². The highest BCUT2D eigenvalue weighted by Crippen LogP contribution is 2.26. The van der Waals surface area contributed by atoms with Gasteiger partial charge in [0.2, 0.25) is 5.13 Å². The maximum absolute atomic E-state index is 14.4. The highest BCUT2D eigenvalue weighted by Gasteiger charge is 2.32. The number of nitrogens with one attached hydrogen (secondary N) is 1. The van der Waals surface area contributed by atoms with Gasteiger partial charge in [0.25, 0.3) is 5.91 Å². The largest absolute Gasteiger partial charge is 0.345 e. The van der Waals surface area contributed by atoms with E-state index >= 15 is 0 Å². The van der Waals surface area contributed by atoms with Gasteiger partial charge < -0.3 is 10.2 Å². The van der Waals surface area contributed by atoms with Crippen molar-refractivity contribution in [1.29, 1.82) is 0 Å². The van der Waals surface area contributed by atoms with Gasteiger partial charge in [-0.1, -0.05) is 18.3 Å². The fourth-order valence-electron chi connectivity index (χ4n) is 2.50. The molecule has 124 valence electrons. The van der Waals surface area contributed by atoms with Crippen molar-refractivity contribution in [2.45, 2.75) is 38.4 Å². The van der Waals surface area contributed by atoms with E-state index < -0.39 is 12.2 Å². The summed E-state index contributed by atoms with van der Waals surface area (Å²) in [6, 6.07) is 1.17. The predicted molar refractivity (Wildman–Crippen MR) is 89.0 cm³/mol. The van der Waals surface area contributed by atoms with Gasteiger partial charge in [-0.25, -0.2) is 8.76 Å². The molecule has 2 atom stereocenters. The van der Waals surface area contributed by atoms with E-state index in [1.165, 1.54) is 11.3 Å². The molecule has 0 spiro atoms. The summed E-state index contributed by atoms with van der Waals surface area (Å²) in [5, 5.41) is 12.8. The molecule has 1 amide bonds. The Hall–Kier alpha value is -1.61. The number of halogens is 1. The normalized spacial score (nSPS) is 21.4. The van der Waals surface area contributed by atoms with Crippen molar-refractivity contribution in [2.75, 3.05) is 18.0 Å². The van der Waals surface area contributed by atoms with Crippen LogP contribution >= 0.6 is 22.9 Å². The lowest BCUT2D eigenvalue weighted by Crippen LogP contribution is -2.52. The molecule has 3 heterocycles. The molecule has 2 aromatic heterocycles. The zero-order chi connectivity index (χ0) is 16.2. The SMILES string of the molecule is CCCc1nnc(N2CCC(NC(=O)c3ccns3)C(F)C2)s1. The van der Waals surface area contributed by atoms with Gasteiger partial charge in [-0.3, -0.25) is 4.79 Å². The first kappa shape index (κ1) is 16.3. The van der Waals surface area contributed by atoms with Crippen molar-refractivity contribution in [3.8, 4) is 0 Å². The summed E-state index contributed by atoms with van der Waals surface area (Å²) < 4.78 is 18.3. The third-order valence-corrected chi connectivity index (χ3v) is 5.50. The zero-order valence-electron chi connectivity index (χ0n) is 12.7. The molecule has 23 heavy (non-hydrogen) atoms. The molecule has 0 saturated carbocycles. The number of carbonyl (C=O) groups is 1. The quantitative estimate of drug-likeness (QED) is 0.891. The van der Waals surface area contributed by atoms with Gasteiger partial charge in [0, 0.05) is 19.2 Å². The average Bonchev–Trinajstić information content (AvgIpc) is 3.21. The third-order valence-electron chi connectivity index (χ3n) is 3.71. The number of nitrogens with zero attached hydrogens (tertiary/aromatic N) is 4. The topological polar surface area (TPSA) is 71.0 Å². The van der Waals surface area contributed by atoms with E-state index in [0.29, 0.717) is 17.8 Å². The molecule has 2 aromatic rings. The lowest BCUT2D eigenvalue weighted by atomic mass is 10.0. The monoisotopic (exact) mass is 355 g/mol. The Balaban J connectivity index is 1.57. The molecular weight excluding hydrogens is 337 g/mol. The summed E-state index contributed by atoms with van der Waals surface area (Å²) >= 11 is 2.64. The van der Waals surface area contributed by atoms with Crippen molar-refractivity contribution < 1.29 is 9.18 Å². The molecule has 0 aliphatic carbocycles. The standard InChI is InChI=1S/C14H18FN5OS2/c1-2-3-12-18-19-14(22-12)20-7-5-10(9(15)8-20)17-13(21)11-4-6-16-23-11/h4,6,9-10H,2-3,5,7-8H2,1H3,(H,17,21). The maximum atomic E-state index is 14.4. The number of anilines is 1. The smallest absolute Gasteiger partial charge is 0.263 e. The molecule has 3 rings (SSSR count). The summed E-state index contributed by atoms with van der Waals surface area (Å²) in [7, 11) is 0. The number of aryl methyl sites for hydroxylation is 1. The van der Waals surface area contributed by atoms with Crippen LogP contribution in [0.25, 0.3) is 0 Å². The average molecular weight is 355 g/mol. The molecule has 1 saturated heterocycles. The minimum Gasteiger partial charge on any atom is -0.345 e. The highest BCUT2D eigenvalue weighted by molar-refractivity contribution is 7.15. The number of rotatable bonds is 5. The number of aromatic nitrogens is 3. The van der Waals surface area contributed by atoms with E-state index in [1.807, 2.05) is 4.90 Å². The van der Waals surface area contributed by atoms with Gasteiger partial charge in [-0.15, -0.1) is 10.2 Å². The van der Waals surface area contributed by atoms with Crippen LogP contribution < -0.4 is 10.2 Å². The fourth-order valence-corrected chi connectivity index (χ4v) is 3.98. The predicted octanol–water partition coefficient (Wildman–Crippen LogP) is 2.29. The van der Waals surface area contributed by atoms with Crippen LogP contribution in [0.5, 0.6) is 0 Å². The van der Waals surface area contributed by atoms with Gasteiger partial charge in [-0.2, -0.15) is 0 Å². The first-order valence-electron chi connectivity index (χ1n) is 7.60. The van der Waals surface area contributed by atoms with Crippen molar-refractivity contribution in [3.63, 3.8) is 0 Å².